The van der Waals surface area contributed by atoms with Gasteiger partial charge in [-0.25, -0.2) is 4.63 Å². The molecular weight excluding hydrogens is 286 g/mol. The maximum absolute atomic E-state index is 12.2. The summed E-state index contributed by atoms with van der Waals surface area (Å²) in [4.78, 5) is 12.2. The minimum Gasteiger partial charge on any atom is -0.485 e. The number of ether oxygens (including phenoxy) is 1. The number of aryl methyl sites for hydroxylation is 2. The summed E-state index contributed by atoms with van der Waals surface area (Å²) in [6, 6.07) is -0.0476. The average Bonchev–Trinajstić information content (AvgIpc) is 3.22. The van der Waals surface area contributed by atoms with Crippen LogP contribution in [0.1, 0.15) is 42.4 Å². The molecule has 3 rings (SSSR count). The van der Waals surface area contributed by atoms with Gasteiger partial charge in [0.25, 0.3) is 5.91 Å². The molecule has 0 spiro atoms. The first-order valence-corrected chi connectivity index (χ1v) is 7.46. The van der Waals surface area contributed by atoms with Crippen molar-refractivity contribution in [1.29, 1.82) is 0 Å². The average molecular weight is 305 g/mol. The number of amides is 1. The standard InChI is InChI=1S/C14H19N5O3/c1-3-19-8-10(7-15-19)21-12-6-4-5-11(12)16-14(20)13-9(2)17-22-18-13/h7-8,11-12H,3-6H2,1-2H3,(H,16,20)/t11-,12+/m0/s1. The van der Waals surface area contributed by atoms with Crippen molar-refractivity contribution < 1.29 is 14.2 Å². The minimum atomic E-state index is -0.275. The Morgan fingerprint density at radius 1 is 1.50 bits per heavy atom. The van der Waals surface area contributed by atoms with Gasteiger partial charge in [-0.15, -0.1) is 0 Å². The smallest absolute Gasteiger partial charge is 0.275 e. The molecule has 0 bridgehead atoms. The monoisotopic (exact) mass is 305 g/mol. The summed E-state index contributed by atoms with van der Waals surface area (Å²) >= 11 is 0. The van der Waals surface area contributed by atoms with Crippen LogP contribution in [0.25, 0.3) is 0 Å². The van der Waals surface area contributed by atoms with Crippen LogP contribution >= 0.6 is 0 Å². The van der Waals surface area contributed by atoms with Crippen molar-refractivity contribution in [2.45, 2.75) is 51.8 Å². The molecule has 0 aromatic carbocycles. The highest BCUT2D eigenvalue weighted by Crippen LogP contribution is 2.25. The van der Waals surface area contributed by atoms with E-state index in [-0.39, 0.29) is 23.7 Å². The van der Waals surface area contributed by atoms with Gasteiger partial charge in [-0.2, -0.15) is 5.10 Å². The molecule has 8 nitrogen and oxygen atoms in total. The summed E-state index contributed by atoms with van der Waals surface area (Å²) in [6.07, 6.45) is 6.29. The quantitative estimate of drug-likeness (QED) is 0.895. The maximum Gasteiger partial charge on any atom is 0.275 e. The summed E-state index contributed by atoms with van der Waals surface area (Å²) in [5, 5.41) is 14.4. The molecule has 1 fully saturated rings. The van der Waals surface area contributed by atoms with Crippen LogP contribution in [0.15, 0.2) is 17.0 Å². The van der Waals surface area contributed by atoms with E-state index in [0.29, 0.717) is 5.69 Å². The van der Waals surface area contributed by atoms with Gasteiger partial charge < -0.3 is 10.1 Å². The van der Waals surface area contributed by atoms with Gasteiger partial charge in [0, 0.05) is 6.54 Å². The maximum atomic E-state index is 12.2. The Morgan fingerprint density at radius 3 is 3.05 bits per heavy atom. The Bertz CT molecular complexity index is 650. The predicted molar refractivity (Wildman–Crippen MR) is 76.5 cm³/mol. The van der Waals surface area contributed by atoms with Crippen LogP contribution in [-0.2, 0) is 6.54 Å². The highest BCUT2D eigenvalue weighted by atomic mass is 16.6. The molecule has 0 unspecified atom stereocenters. The second kappa shape index (κ2) is 6.17. The van der Waals surface area contributed by atoms with E-state index < -0.39 is 0 Å². The Morgan fingerprint density at radius 2 is 2.36 bits per heavy atom. The van der Waals surface area contributed by atoms with Crippen molar-refractivity contribution in [2.75, 3.05) is 0 Å². The molecule has 8 heteroatoms. The van der Waals surface area contributed by atoms with Crippen molar-refractivity contribution in [3.8, 4) is 5.75 Å². The third-order valence-corrected chi connectivity index (χ3v) is 3.86. The first kappa shape index (κ1) is 14.6. The number of aromatic nitrogens is 4. The van der Waals surface area contributed by atoms with Crippen molar-refractivity contribution in [3.63, 3.8) is 0 Å². The van der Waals surface area contributed by atoms with Gasteiger partial charge in [0.15, 0.2) is 11.4 Å². The first-order chi connectivity index (χ1) is 10.7. The zero-order valence-electron chi connectivity index (χ0n) is 12.7. The topological polar surface area (TPSA) is 95.1 Å². The molecule has 2 aromatic heterocycles. The normalized spacial score (nSPS) is 21.0. The van der Waals surface area contributed by atoms with Gasteiger partial charge in [0.1, 0.15) is 11.8 Å². The zero-order valence-corrected chi connectivity index (χ0v) is 12.7. The van der Waals surface area contributed by atoms with Crippen LogP contribution in [0.2, 0.25) is 0 Å². The SMILES string of the molecule is CCn1cc(O[C@@H]2CCC[C@@H]2NC(=O)c2nonc2C)cn1. The molecular formula is C14H19N5O3. The summed E-state index contributed by atoms with van der Waals surface area (Å²) in [5.41, 5.74) is 0.710. The number of hydrogen-bond donors (Lipinski definition) is 1. The van der Waals surface area contributed by atoms with E-state index in [1.165, 1.54) is 0 Å². The summed E-state index contributed by atoms with van der Waals surface area (Å²) < 4.78 is 12.3. The summed E-state index contributed by atoms with van der Waals surface area (Å²) in [5.74, 6) is 0.454. The Hall–Kier alpha value is -2.38. The van der Waals surface area contributed by atoms with Crippen molar-refractivity contribution >= 4 is 5.91 Å². The number of nitrogens with one attached hydrogen (secondary N) is 1. The van der Waals surface area contributed by atoms with Crippen LogP contribution < -0.4 is 10.1 Å². The van der Waals surface area contributed by atoms with Crippen LogP contribution in [0.5, 0.6) is 5.75 Å². The molecule has 1 saturated carbocycles. The highest BCUT2D eigenvalue weighted by molar-refractivity contribution is 5.93. The van der Waals surface area contributed by atoms with E-state index in [1.807, 2.05) is 17.8 Å². The number of nitrogens with zero attached hydrogens (tertiary/aromatic N) is 4. The second-order valence-electron chi connectivity index (χ2n) is 5.40. The molecule has 1 amide bonds. The van der Waals surface area contributed by atoms with Gasteiger partial charge >= 0.3 is 0 Å². The fourth-order valence-corrected chi connectivity index (χ4v) is 2.66. The second-order valence-corrected chi connectivity index (χ2v) is 5.40. The number of hydrogen-bond acceptors (Lipinski definition) is 6. The van der Waals surface area contributed by atoms with Crippen molar-refractivity contribution in [3.05, 3.63) is 23.8 Å². The van der Waals surface area contributed by atoms with Crippen LogP contribution in [0.4, 0.5) is 0 Å². The summed E-state index contributed by atoms with van der Waals surface area (Å²) in [6.45, 7) is 4.50. The van der Waals surface area contributed by atoms with E-state index >= 15 is 0 Å². The Balaban J connectivity index is 1.63. The van der Waals surface area contributed by atoms with Gasteiger partial charge in [0.05, 0.1) is 18.4 Å². The number of carbonyl (C=O) groups is 1. The van der Waals surface area contributed by atoms with Crippen LogP contribution in [0.3, 0.4) is 0 Å². The lowest BCUT2D eigenvalue weighted by atomic mass is 10.2. The lowest BCUT2D eigenvalue weighted by molar-refractivity contribution is 0.0883. The molecule has 118 valence electrons. The third-order valence-electron chi connectivity index (χ3n) is 3.86. The fourth-order valence-electron chi connectivity index (χ4n) is 2.66. The Kier molecular flexibility index (Phi) is 4.08. The van der Waals surface area contributed by atoms with Gasteiger partial charge in [-0.1, -0.05) is 5.16 Å². The lowest BCUT2D eigenvalue weighted by Gasteiger charge is -2.21. The minimum absolute atomic E-state index is 0.0476. The molecule has 1 aliphatic rings. The Labute approximate surface area is 127 Å². The molecule has 2 heterocycles. The lowest BCUT2D eigenvalue weighted by Crippen LogP contribution is -2.42. The van der Waals surface area contributed by atoms with E-state index in [2.05, 4.69) is 25.4 Å². The van der Waals surface area contributed by atoms with E-state index in [9.17, 15) is 4.79 Å². The molecule has 1 aliphatic carbocycles. The molecule has 0 radical (unpaired) electrons. The molecule has 2 aromatic rings. The van der Waals surface area contributed by atoms with E-state index in [4.69, 9.17) is 4.74 Å². The molecule has 2 atom stereocenters. The highest BCUT2D eigenvalue weighted by Gasteiger charge is 2.32. The molecule has 0 saturated heterocycles. The first-order valence-electron chi connectivity index (χ1n) is 7.46. The number of rotatable bonds is 5. The van der Waals surface area contributed by atoms with Gasteiger partial charge in [-0.3, -0.25) is 9.48 Å². The fraction of sp³-hybridized carbons (Fsp3) is 0.571. The molecule has 22 heavy (non-hydrogen) atoms. The van der Waals surface area contributed by atoms with Crippen molar-refractivity contribution in [1.82, 2.24) is 25.4 Å². The van der Waals surface area contributed by atoms with E-state index in [0.717, 1.165) is 31.6 Å². The summed E-state index contributed by atoms with van der Waals surface area (Å²) in [7, 11) is 0. The van der Waals surface area contributed by atoms with Gasteiger partial charge in [-0.05, 0) is 38.3 Å². The van der Waals surface area contributed by atoms with Crippen LogP contribution in [0, 0.1) is 6.92 Å². The molecule has 0 aliphatic heterocycles. The molecule has 1 N–H and O–H groups in total. The van der Waals surface area contributed by atoms with E-state index in [1.54, 1.807) is 13.1 Å². The van der Waals surface area contributed by atoms with Crippen LogP contribution in [-0.4, -0.2) is 38.1 Å². The predicted octanol–water partition coefficient (Wildman–Crippen LogP) is 1.32. The zero-order chi connectivity index (χ0) is 15.5. The largest absolute Gasteiger partial charge is 0.485 e. The van der Waals surface area contributed by atoms with Crippen molar-refractivity contribution in [2.24, 2.45) is 0 Å². The van der Waals surface area contributed by atoms with Gasteiger partial charge in [0.2, 0.25) is 0 Å². The number of carbonyl (C=O) groups excluding carboxylic acids is 1. The third kappa shape index (κ3) is 2.95.